The third kappa shape index (κ3) is 2.27. The number of hydrogen-bond acceptors (Lipinski definition) is 5. The quantitative estimate of drug-likeness (QED) is 0.796. The summed E-state index contributed by atoms with van der Waals surface area (Å²) in [6, 6.07) is 3.97. The Morgan fingerprint density at radius 1 is 1.39 bits per heavy atom. The molecule has 1 aromatic heterocycles. The van der Waals surface area contributed by atoms with Gasteiger partial charge in [-0.15, -0.1) is 0 Å². The predicted molar refractivity (Wildman–Crippen MR) is 62.0 cm³/mol. The maximum Gasteiger partial charge on any atom is 0.341 e. The number of benzene rings is 1. The van der Waals surface area contributed by atoms with Gasteiger partial charge in [-0.1, -0.05) is 0 Å². The molecule has 0 atom stereocenters. The molecule has 2 rings (SSSR count). The molecule has 1 heterocycles. The molecule has 0 aliphatic rings. The molecule has 6 nitrogen and oxygen atoms in total. The molecule has 94 valence electrons. The molecule has 2 aromatic rings. The topological polar surface area (TPSA) is 97.0 Å². The maximum atomic E-state index is 11.2. The molecule has 0 saturated carbocycles. The highest BCUT2D eigenvalue weighted by atomic mass is 16.5. The zero-order valence-corrected chi connectivity index (χ0v) is 9.47. The fourth-order valence-corrected chi connectivity index (χ4v) is 1.59. The Balaban J connectivity index is 2.54. The number of fused-ring (bicyclic) bond motifs is 1. The number of aryl methyl sites for hydroxylation is 1. The monoisotopic (exact) mass is 250 g/mol. The van der Waals surface area contributed by atoms with Crippen molar-refractivity contribution >= 4 is 16.9 Å². The summed E-state index contributed by atoms with van der Waals surface area (Å²) in [5.74, 6) is -1.40. The van der Waals surface area contributed by atoms with Crippen molar-refractivity contribution in [3.63, 3.8) is 0 Å². The molecule has 2 N–H and O–H groups in total. The minimum Gasteiger partial charge on any atom is -0.504 e. The minimum absolute atomic E-state index is 0.0295. The van der Waals surface area contributed by atoms with E-state index in [0.717, 1.165) is 0 Å². The standard InChI is InChI=1S/C12H10O6/c1-6-2-12(16)18-9-4-8(13)10(3-7(6)9)17-5-11(14)15/h2-4,13H,5H2,1H3,(H,14,15). The van der Waals surface area contributed by atoms with Crippen molar-refractivity contribution in [2.24, 2.45) is 0 Å². The van der Waals surface area contributed by atoms with Crippen LogP contribution in [-0.2, 0) is 4.79 Å². The number of rotatable bonds is 3. The predicted octanol–water partition coefficient (Wildman–Crippen LogP) is 1.27. The van der Waals surface area contributed by atoms with Crippen LogP contribution in [0.4, 0.5) is 0 Å². The summed E-state index contributed by atoms with van der Waals surface area (Å²) in [4.78, 5) is 21.6. The first-order valence-corrected chi connectivity index (χ1v) is 5.09. The Labute approximate surface area is 101 Å². The Morgan fingerprint density at radius 2 is 2.11 bits per heavy atom. The molecule has 0 spiro atoms. The first-order chi connectivity index (χ1) is 8.47. The van der Waals surface area contributed by atoms with E-state index in [4.69, 9.17) is 14.3 Å². The van der Waals surface area contributed by atoms with Crippen molar-refractivity contribution in [1.29, 1.82) is 0 Å². The number of ether oxygens (including phenoxy) is 1. The van der Waals surface area contributed by atoms with Gasteiger partial charge in [-0.3, -0.25) is 0 Å². The van der Waals surface area contributed by atoms with Crippen LogP contribution in [-0.4, -0.2) is 22.8 Å². The van der Waals surface area contributed by atoms with Gasteiger partial charge in [0.15, 0.2) is 18.1 Å². The normalized spacial score (nSPS) is 10.5. The Morgan fingerprint density at radius 3 is 2.78 bits per heavy atom. The van der Waals surface area contributed by atoms with Crippen molar-refractivity contribution < 1.29 is 24.2 Å². The number of phenols is 1. The SMILES string of the molecule is Cc1cc(=O)oc2cc(O)c(OCC(=O)O)cc12. The smallest absolute Gasteiger partial charge is 0.341 e. The summed E-state index contributed by atoms with van der Waals surface area (Å²) in [5.41, 5.74) is 0.361. The zero-order chi connectivity index (χ0) is 13.3. The number of aliphatic carboxylic acids is 1. The lowest BCUT2D eigenvalue weighted by molar-refractivity contribution is -0.139. The number of phenolic OH excluding ortho intramolecular Hbond substituents is 1. The molecule has 0 aliphatic heterocycles. The van der Waals surface area contributed by atoms with Crippen LogP contribution in [0.3, 0.4) is 0 Å². The first-order valence-electron chi connectivity index (χ1n) is 5.09. The van der Waals surface area contributed by atoms with Crippen LogP contribution in [0.15, 0.2) is 27.4 Å². The molecular formula is C12H10O6. The molecule has 1 aromatic carbocycles. The molecular weight excluding hydrogens is 240 g/mol. The van der Waals surface area contributed by atoms with E-state index < -0.39 is 18.2 Å². The van der Waals surface area contributed by atoms with E-state index in [1.54, 1.807) is 6.92 Å². The third-order valence-corrected chi connectivity index (χ3v) is 2.38. The van der Waals surface area contributed by atoms with E-state index in [0.29, 0.717) is 10.9 Å². The molecule has 18 heavy (non-hydrogen) atoms. The largest absolute Gasteiger partial charge is 0.504 e. The van der Waals surface area contributed by atoms with Crippen molar-refractivity contribution in [2.75, 3.05) is 6.61 Å². The van der Waals surface area contributed by atoms with Crippen LogP contribution in [0.2, 0.25) is 0 Å². The average Bonchev–Trinajstić information content (AvgIpc) is 2.26. The van der Waals surface area contributed by atoms with Gasteiger partial charge in [0.05, 0.1) is 0 Å². The van der Waals surface area contributed by atoms with Gasteiger partial charge in [-0.2, -0.15) is 0 Å². The molecule has 0 fully saturated rings. The van der Waals surface area contributed by atoms with Crippen LogP contribution < -0.4 is 10.4 Å². The molecule has 0 unspecified atom stereocenters. The Bertz CT molecular complexity index is 670. The van der Waals surface area contributed by atoms with Gasteiger partial charge in [0.25, 0.3) is 0 Å². The molecule has 6 heteroatoms. The third-order valence-electron chi connectivity index (χ3n) is 2.38. The van der Waals surface area contributed by atoms with Crippen LogP contribution in [0.25, 0.3) is 11.0 Å². The van der Waals surface area contributed by atoms with Crippen molar-refractivity contribution in [1.82, 2.24) is 0 Å². The summed E-state index contributed by atoms with van der Waals surface area (Å²) in [6.07, 6.45) is 0. The van der Waals surface area contributed by atoms with E-state index in [9.17, 15) is 14.7 Å². The first kappa shape index (κ1) is 12.0. The van der Waals surface area contributed by atoms with E-state index in [-0.39, 0.29) is 17.1 Å². The highest BCUT2D eigenvalue weighted by Gasteiger charge is 2.10. The van der Waals surface area contributed by atoms with Crippen LogP contribution in [0, 0.1) is 6.92 Å². The van der Waals surface area contributed by atoms with Gasteiger partial charge >= 0.3 is 11.6 Å². The summed E-state index contributed by atoms with van der Waals surface area (Å²) >= 11 is 0. The molecule has 0 amide bonds. The number of carboxylic acids is 1. The maximum absolute atomic E-state index is 11.2. The van der Waals surface area contributed by atoms with Crippen molar-refractivity contribution in [3.05, 3.63) is 34.2 Å². The van der Waals surface area contributed by atoms with Gasteiger partial charge in [0.2, 0.25) is 0 Å². The minimum atomic E-state index is -1.15. The van der Waals surface area contributed by atoms with Gasteiger partial charge < -0.3 is 19.4 Å². The summed E-state index contributed by atoms with van der Waals surface area (Å²) in [7, 11) is 0. The number of carboxylic acid groups (broad SMARTS) is 1. The lowest BCUT2D eigenvalue weighted by Crippen LogP contribution is -2.09. The fourth-order valence-electron chi connectivity index (χ4n) is 1.59. The highest BCUT2D eigenvalue weighted by Crippen LogP contribution is 2.32. The number of aromatic hydroxyl groups is 1. The second-order valence-corrected chi connectivity index (χ2v) is 3.75. The second-order valence-electron chi connectivity index (χ2n) is 3.75. The zero-order valence-electron chi connectivity index (χ0n) is 9.47. The molecule has 0 saturated heterocycles. The van der Waals surface area contributed by atoms with Crippen molar-refractivity contribution in [3.8, 4) is 11.5 Å². The van der Waals surface area contributed by atoms with Crippen LogP contribution in [0.5, 0.6) is 11.5 Å². The van der Waals surface area contributed by atoms with Gasteiger partial charge in [0, 0.05) is 17.5 Å². The second kappa shape index (κ2) is 4.40. The lowest BCUT2D eigenvalue weighted by Gasteiger charge is -2.08. The summed E-state index contributed by atoms with van der Waals surface area (Å²) in [5, 5.41) is 18.7. The van der Waals surface area contributed by atoms with E-state index in [1.165, 1.54) is 18.2 Å². The summed E-state index contributed by atoms with van der Waals surface area (Å²) in [6.45, 7) is 1.15. The van der Waals surface area contributed by atoms with E-state index in [1.807, 2.05) is 0 Å². The van der Waals surface area contributed by atoms with Crippen molar-refractivity contribution in [2.45, 2.75) is 6.92 Å². The average molecular weight is 250 g/mol. The molecule has 0 radical (unpaired) electrons. The lowest BCUT2D eigenvalue weighted by atomic mass is 10.1. The Hall–Kier alpha value is -2.50. The number of hydrogen-bond donors (Lipinski definition) is 2. The Kier molecular flexibility index (Phi) is 2.93. The van der Waals surface area contributed by atoms with Gasteiger partial charge in [0.1, 0.15) is 5.58 Å². The highest BCUT2D eigenvalue weighted by molar-refractivity contribution is 5.83. The van der Waals surface area contributed by atoms with E-state index in [2.05, 4.69) is 0 Å². The van der Waals surface area contributed by atoms with Crippen LogP contribution in [0.1, 0.15) is 5.56 Å². The number of carbonyl (C=O) groups is 1. The molecule has 0 bridgehead atoms. The van der Waals surface area contributed by atoms with E-state index >= 15 is 0 Å². The van der Waals surface area contributed by atoms with Crippen LogP contribution >= 0.6 is 0 Å². The molecule has 0 aliphatic carbocycles. The summed E-state index contributed by atoms with van der Waals surface area (Å²) < 4.78 is 9.84. The van der Waals surface area contributed by atoms with Gasteiger partial charge in [-0.25, -0.2) is 9.59 Å². The van der Waals surface area contributed by atoms with Gasteiger partial charge in [-0.05, 0) is 18.6 Å². The fraction of sp³-hybridized carbons (Fsp3) is 0.167.